The van der Waals surface area contributed by atoms with Crippen LogP contribution in [0.15, 0.2) is 30.3 Å². The number of aliphatic hydroxyl groups is 1. The zero-order valence-corrected chi connectivity index (χ0v) is 9.80. The minimum Gasteiger partial charge on any atom is -0.388 e. The van der Waals surface area contributed by atoms with Crippen molar-refractivity contribution in [3.05, 3.63) is 35.9 Å². The molecule has 1 aromatic carbocycles. The van der Waals surface area contributed by atoms with Crippen molar-refractivity contribution in [1.29, 1.82) is 0 Å². The van der Waals surface area contributed by atoms with Crippen molar-refractivity contribution < 1.29 is 9.90 Å². The summed E-state index contributed by atoms with van der Waals surface area (Å²) in [6.45, 7) is 2.13. The van der Waals surface area contributed by atoms with E-state index in [0.717, 1.165) is 37.5 Å². The van der Waals surface area contributed by atoms with E-state index in [4.69, 9.17) is 0 Å². The first-order valence-electron chi connectivity index (χ1n) is 5.98. The Bertz CT molecular complexity index is 295. The molecular formula is C14H20O2. The van der Waals surface area contributed by atoms with Crippen LogP contribution < -0.4 is 0 Å². The standard InChI is InChI=1S/C14H20O2/c1-2-3-5-10-13(11-15)14(16)12-8-6-4-7-9-12/h4,6-9,11,13-14,16H,2-3,5,10H2,1H3/t13-,14-/m1/s1. The highest BCUT2D eigenvalue weighted by atomic mass is 16.3. The van der Waals surface area contributed by atoms with Gasteiger partial charge in [0.25, 0.3) is 0 Å². The van der Waals surface area contributed by atoms with E-state index >= 15 is 0 Å². The minimum atomic E-state index is -0.657. The van der Waals surface area contributed by atoms with Crippen molar-refractivity contribution in [2.45, 2.75) is 38.7 Å². The van der Waals surface area contributed by atoms with Gasteiger partial charge in [-0.15, -0.1) is 0 Å². The average molecular weight is 220 g/mol. The number of carbonyl (C=O) groups excluding carboxylic acids is 1. The van der Waals surface area contributed by atoms with Gasteiger partial charge in [0.2, 0.25) is 0 Å². The molecule has 0 bridgehead atoms. The number of aldehydes is 1. The van der Waals surface area contributed by atoms with Gasteiger partial charge < -0.3 is 9.90 Å². The Balaban J connectivity index is 2.55. The first-order chi connectivity index (χ1) is 7.79. The summed E-state index contributed by atoms with van der Waals surface area (Å²) in [6, 6.07) is 9.39. The molecule has 0 saturated heterocycles. The summed E-state index contributed by atoms with van der Waals surface area (Å²) in [5.74, 6) is -0.269. The lowest BCUT2D eigenvalue weighted by Gasteiger charge is -2.17. The topological polar surface area (TPSA) is 37.3 Å². The van der Waals surface area contributed by atoms with E-state index in [2.05, 4.69) is 6.92 Å². The molecule has 0 aromatic heterocycles. The highest BCUT2D eigenvalue weighted by molar-refractivity contribution is 5.55. The molecule has 88 valence electrons. The van der Waals surface area contributed by atoms with Crippen LogP contribution in [0.4, 0.5) is 0 Å². The highest BCUT2D eigenvalue weighted by Crippen LogP contribution is 2.24. The number of aliphatic hydroxyl groups excluding tert-OH is 1. The first kappa shape index (κ1) is 12.9. The fourth-order valence-electron chi connectivity index (χ4n) is 1.83. The summed E-state index contributed by atoms with van der Waals surface area (Å²) in [5, 5.41) is 10.0. The van der Waals surface area contributed by atoms with E-state index in [-0.39, 0.29) is 5.92 Å². The SMILES string of the molecule is CCCCC[C@H](C=O)[C@H](O)c1ccccc1. The van der Waals surface area contributed by atoms with Gasteiger partial charge in [-0.25, -0.2) is 0 Å². The second-order valence-electron chi connectivity index (χ2n) is 4.15. The van der Waals surface area contributed by atoms with Gasteiger partial charge in [0.05, 0.1) is 6.10 Å². The van der Waals surface area contributed by atoms with E-state index < -0.39 is 6.10 Å². The van der Waals surface area contributed by atoms with Gasteiger partial charge in [0.15, 0.2) is 0 Å². The molecule has 0 aliphatic heterocycles. The van der Waals surface area contributed by atoms with Crippen LogP contribution in [-0.2, 0) is 4.79 Å². The Hall–Kier alpha value is -1.15. The normalized spacial score (nSPS) is 14.4. The maximum atomic E-state index is 11.0. The summed E-state index contributed by atoms with van der Waals surface area (Å²) >= 11 is 0. The van der Waals surface area contributed by atoms with Crippen molar-refractivity contribution >= 4 is 6.29 Å². The molecule has 0 radical (unpaired) electrons. The van der Waals surface area contributed by atoms with Gasteiger partial charge in [-0.1, -0.05) is 56.5 Å². The van der Waals surface area contributed by atoms with E-state index in [9.17, 15) is 9.90 Å². The van der Waals surface area contributed by atoms with Crippen LogP contribution in [0, 0.1) is 5.92 Å². The molecule has 0 unspecified atom stereocenters. The van der Waals surface area contributed by atoms with E-state index in [0.29, 0.717) is 0 Å². The van der Waals surface area contributed by atoms with Crippen LogP contribution in [0.2, 0.25) is 0 Å². The summed E-state index contributed by atoms with van der Waals surface area (Å²) < 4.78 is 0. The highest BCUT2D eigenvalue weighted by Gasteiger charge is 2.19. The predicted molar refractivity (Wildman–Crippen MR) is 65.1 cm³/mol. The van der Waals surface area contributed by atoms with Crippen molar-refractivity contribution in [2.24, 2.45) is 5.92 Å². The molecule has 2 heteroatoms. The number of hydrogen-bond acceptors (Lipinski definition) is 2. The molecule has 16 heavy (non-hydrogen) atoms. The largest absolute Gasteiger partial charge is 0.388 e. The van der Waals surface area contributed by atoms with E-state index in [1.165, 1.54) is 0 Å². The molecule has 0 heterocycles. The molecule has 1 N–H and O–H groups in total. The molecule has 2 atom stereocenters. The van der Waals surface area contributed by atoms with Crippen LogP contribution >= 0.6 is 0 Å². The zero-order chi connectivity index (χ0) is 11.8. The van der Waals surface area contributed by atoms with Crippen LogP contribution in [0.25, 0.3) is 0 Å². The fraction of sp³-hybridized carbons (Fsp3) is 0.500. The van der Waals surface area contributed by atoms with E-state index in [1.807, 2.05) is 30.3 Å². The molecule has 0 aliphatic carbocycles. The molecule has 0 fully saturated rings. The minimum absolute atomic E-state index is 0.269. The van der Waals surface area contributed by atoms with Gasteiger partial charge in [0.1, 0.15) is 6.29 Å². The number of rotatable bonds is 7. The number of hydrogen-bond donors (Lipinski definition) is 1. The van der Waals surface area contributed by atoms with Gasteiger partial charge in [-0.3, -0.25) is 0 Å². The molecule has 1 aromatic rings. The van der Waals surface area contributed by atoms with Gasteiger partial charge in [-0.2, -0.15) is 0 Å². The maximum Gasteiger partial charge on any atom is 0.126 e. The summed E-state index contributed by atoms with van der Waals surface area (Å²) in [5.41, 5.74) is 0.830. The van der Waals surface area contributed by atoms with E-state index in [1.54, 1.807) is 0 Å². The Morgan fingerprint density at radius 3 is 2.50 bits per heavy atom. The lowest BCUT2D eigenvalue weighted by molar-refractivity contribution is -0.114. The van der Waals surface area contributed by atoms with Crippen molar-refractivity contribution in [3.8, 4) is 0 Å². The predicted octanol–water partition coefficient (Wildman–Crippen LogP) is 3.12. The molecule has 0 aliphatic rings. The third kappa shape index (κ3) is 3.78. The van der Waals surface area contributed by atoms with Crippen molar-refractivity contribution in [2.75, 3.05) is 0 Å². The van der Waals surface area contributed by atoms with Crippen molar-refractivity contribution in [3.63, 3.8) is 0 Å². The molecule has 2 nitrogen and oxygen atoms in total. The smallest absolute Gasteiger partial charge is 0.126 e. The second kappa shape index (κ2) is 7.18. The van der Waals surface area contributed by atoms with Gasteiger partial charge in [-0.05, 0) is 12.0 Å². The average Bonchev–Trinajstić information content (AvgIpc) is 2.35. The van der Waals surface area contributed by atoms with Crippen molar-refractivity contribution in [1.82, 2.24) is 0 Å². The lowest BCUT2D eigenvalue weighted by Crippen LogP contribution is -2.14. The third-order valence-electron chi connectivity index (χ3n) is 2.86. The molecular weight excluding hydrogens is 200 g/mol. The Morgan fingerprint density at radius 1 is 1.25 bits per heavy atom. The first-order valence-corrected chi connectivity index (χ1v) is 5.98. The second-order valence-corrected chi connectivity index (χ2v) is 4.15. The summed E-state index contributed by atoms with van der Waals surface area (Å²) in [6.07, 6.45) is 4.25. The Labute approximate surface area is 97.3 Å². The maximum absolute atomic E-state index is 11.0. The molecule has 0 spiro atoms. The monoisotopic (exact) mass is 220 g/mol. The summed E-state index contributed by atoms with van der Waals surface area (Å²) in [7, 11) is 0. The number of benzene rings is 1. The van der Waals surface area contributed by atoms with Crippen LogP contribution in [0.3, 0.4) is 0 Å². The fourth-order valence-corrected chi connectivity index (χ4v) is 1.83. The summed E-state index contributed by atoms with van der Waals surface area (Å²) in [4.78, 5) is 11.0. The molecule has 0 saturated carbocycles. The van der Waals surface area contributed by atoms with Crippen LogP contribution in [0.5, 0.6) is 0 Å². The molecule has 0 amide bonds. The van der Waals surface area contributed by atoms with Crippen LogP contribution in [0.1, 0.15) is 44.3 Å². The number of unbranched alkanes of at least 4 members (excludes halogenated alkanes) is 2. The number of carbonyl (C=O) groups is 1. The zero-order valence-electron chi connectivity index (χ0n) is 9.80. The molecule has 1 rings (SSSR count). The Kier molecular flexibility index (Phi) is 5.79. The van der Waals surface area contributed by atoms with Crippen LogP contribution in [-0.4, -0.2) is 11.4 Å². The Morgan fingerprint density at radius 2 is 1.94 bits per heavy atom. The third-order valence-corrected chi connectivity index (χ3v) is 2.86. The lowest BCUT2D eigenvalue weighted by atomic mass is 9.92. The quantitative estimate of drug-likeness (QED) is 0.566. The van der Waals surface area contributed by atoms with Gasteiger partial charge >= 0.3 is 0 Å². The van der Waals surface area contributed by atoms with Gasteiger partial charge in [0, 0.05) is 5.92 Å².